The van der Waals surface area contributed by atoms with Crippen molar-refractivity contribution in [3.8, 4) is 0 Å². The smallest absolute Gasteiger partial charge is 0.0639 e. The average Bonchev–Trinajstić information content (AvgIpc) is 2.86. The van der Waals surface area contributed by atoms with E-state index >= 15 is 0 Å². The molecule has 0 aliphatic rings. The number of hydrogen-bond acceptors (Lipinski definition) is 2. The molecule has 0 unspecified atom stereocenters. The summed E-state index contributed by atoms with van der Waals surface area (Å²) in [6.45, 7) is 10.5. The van der Waals surface area contributed by atoms with Crippen molar-refractivity contribution in [2.45, 2.75) is 58.8 Å². The van der Waals surface area contributed by atoms with Crippen molar-refractivity contribution < 1.29 is 4.74 Å². The first kappa shape index (κ1) is 16.1. The molecule has 1 heterocycles. The molecular formula is C18H28N2O. The van der Waals surface area contributed by atoms with Gasteiger partial charge in [-0.1, -0.05) is 26.0 Å². The fourth-order valence-corrected chi connectivity index (χ4v) is 2.44. The van der Waals surface area contributed by atoms with E-state index < -0.39 is 0 Å². The average molecular weight is 288 g/mol. The largest absolute Gasteiger partial charge is 0.379 e. The first-order chi connectivity index (χ1) is 9.93. The van der Waals surface area contributed by atoms with Crippen LogP contribution in [-0.4, -0.2) is 23.3 Å². The van der Waals surface area contributed by atoms with E-state index in [9.17, 15) is 0 Å². The standard InChI is InChI=1S/C18H28N2O/c1-14(2)19-13-15-7-6-8-17-16(15)9-11-20(17)12-10-18(3,4)21-5/h6-9,11,14,19H,10,12-13H2,1-5H3. The van der Waals surface area contributed by atoms with E-state index in [0.717, 1.165) is 19.5 Å². The van der Waals surface area contributed by atoms with Crippen LogP contribution in [0.25, 0.3) is 10.9 Å². The highest BCUT2D eigenvalue weighted by Crippen LogP contribution is 2.22. The zero-order valence-electron chi connectivity index (χ0n) is 13.9. The lowest BCUT2D eigenvalue weighted by Gasteiger charge is -2.23. The van der Waals surface area contributed by atoms with Gasteiger partial charge in [-0.15, -0.1) is 0 Å². The van der Waals surface area contributed by atoms with Crippen molar-refractivity contribution in [3.05, 3.63) is 36.0 Å². The highest BCUT2D eigenvalue weighted by Gasteiger charge is 2.16. The van der Waals surface area contributed by atoms with Crippen molar-refractivity contribution in [1.82, 2.24) is 9.88 Å². The minimum atomic E-state index is -0.0760. The molecule has 3 nitrogen and oxygen atoms in total. The van der Waals surface area contributed by atoms with Crippen LogP contribution >= 0.6 is 0 Å². The first-order valence-corrected chi connectivity index (χ1v) is 7.78. The molecule has 116 valence electrons. The predicted octanol–water partition coefficient (Wildman–Crippen LogP) is 3.95. The zero-order chi connectivity index (χ0) is 15.5. The predicted molar refractivity (Wildman–Crippen MR) is 89.6 cm³/mol. The molecule has 0 fully saturated rings. The van der Waals surface area contributed by atoms with Gasteiger partial charge >= 0.3 is 0 Å². The van der Waals surface area contributed by atoms with E-state index in [1.54, 1.807) is 7.11 Å². The Kier molecular flexibility index (Phi) is 5.07. The SMILES string of the molecule is COC(C)(C)CCn1ccc2c(CNC(C)C)cccc21. The molecule has 1 N–H and O–H groups in total. The van der Waals surface area contributed by atoms with Crippen LogP contribution in [0.3, 0.4) is 0 Å². The monoisotopic (exact) mass is 288 g/mol. The van der Waals surface area contributed by atoms with Gasteiger partial charge < -0.3 is 14.6 Å². The van der Waals surface area contributed by atoms with Crippen LogP contribution in [0.5, 0.6) is 0 Å². The number of aromatic nitrogens is 1. The Bertz CT molecular complexity index is 584. The maximum Gasteiger partial charge on any atom is 0.0639 e. The Labute approximate surface area is 128 Å². The van der Waals surface area contributed by atoms with Gasteiger partial charge in [-0.05, 0) is 38.0 Å². The summed E-state index contributed by atoms with van der Waals surface area (Å²) in [5.74, 6) is 0. The molecule has 0 radical (unpaired) electrons. The van der Waals surface area contributed by atoms with Crippen LogP contribution in [-0.2, 0) is 17.8 Å². The number of nitrogens with one attached hydrogen (secondary N) is 1. The van der Waals surface area contributed by atoms with E-state index in [2.05, 4.69) is 68.0 Å². The second kappa shape index (κ2) is 6.63. The zero-order valence-corrected chi connectivity index (χ0v) is 13.9. The van der Waals surface area contributed by atoms with E-state index in [4.69, 9.17) is 4.74 Å². The molecule has 3 heteroatoms. The summed E-state index contributed by atoms with van der Waals surface area (Å²) < 4.78 is 7.84. The van der Waals surface area contributed by atoms with E-state index in [1.807, 2.05) is 0 Å². The fraction of sp³-hybridized carbons (Fsp3) is 0.556. The molecule has 2 aromatic rings. The van der Waals surface area contributed by atoms with Gasteiger partial charge in [0.05, 0.1) is 5.60 Å². The molecule has 0 spiro atoms. The molecule has 1 aromatic carbocycles. The van der Waals surface area contributed by atoms with Crippen molar-refractivity contribution >= 4 is 10.9 Å². The lowest BCUT2D eigenvalue weighted by atomic mass is 10.1. The minimum Gasteiger partial charge on any atom is -0.379 e. The summed E-state index contributed by atoms with van der Waals surface area (Å²) in [6, 6.07) is 9.30. The van der Waals surface area contributed by atoms with Crippen LogP contribution in [0.1, 0.15) is 39.7 Å². The number of fused-ring (bicyclic) bond motifs is 1. The molecule has 0 amide bonds. The van der Waals surface area contributed by atoms with Crippen LogP contribution in [0, 0.1) is 0 Å². The van der Waals surface area contributed by atoms with Gasteiger partial charge in [-0.2, -0.15) is 0 Å². The molecule has 1 aromatic heterocycles. The Morgan fingerprint density at radius 2 is 2.00 bits per heavy atom. The third kappa shape index (κ3) is 4.08. The molecule has 0 atom stereocenters. The molecule has 2 rings (SSSR count). The molecule has 0 aliphatic heterocycles. The van der Waals surface area contributed by atoms with Crippen LogP contribution in [0.4, 0.5) is 0 Å². The lowest BCUT2D eigenvalue weighted by molar-refractivity contribution is 0.0123. The minimum absolute atomic E-state index is 0.0760. The van der Waals surface area contributed by atoms with Gasteiger partial charge in [0.25, 0.3) is 0 Å². The molecule has 21 heavy (non-hydrogen) atoms. The van der Waals surface area contributed by atoms with Crippen LogP contribution < -0.4 is 5.32 Å². The summed E-state index contributed by atoms with van der Waals surface area (Å²) in [5, 5.41) is 4.85. The number of rotatable bonds is 7. The van der Waals surface area contributed by atoms with Crippen LogP contribution in [0.2, 0.25) is 0 Å². The number of nitrogens with zero attached hydrogens (tertiary/aromatic N) is 1. The maximum absolute atomic E-state index is 5.51. The summed E-state index contributed by atoms with van der Waals surface area (Å²) in [5.41, 5.74) is 2.60. The number of methoxy groups -OCH3 is 1. The van der Waals surface area contributed by atoms with E-state index in [-0.39, 0.29) is 5.60 Å². The Morgan fingerprint density at radius 1 is 1.24 bits per heavy atom. The van der Waals surface area contributed by atoms with Crippen molar-refractivity contribution in [2.24, 2.45) is 0 Å². The topological polar surface area (TPSA) is 26.2 Å². The summed E-state index contributed by atoms with van der Waals surface area (Å²) in [6.07, 6.45) is 3.19. The summed E-state index contributed by atoms with van der Waals surface area (Å²) in [4.78, 5) is 0. The van der Waals surface area contributed by atoms with Crippen molar-refractivity contribution in [2.75, 3.05) is 7.11 Å². The van der Waals surface area contributed by atoms with Gasteiger partial charge in [0.1, 0.15) is 0 Å². The molecule has 0 saturated heterocycles. The molecule has 0 aliphatic carbocycles. The lowest BCUT2D eigenvalue weighted by Crippen LogP contribution is -2.24. The number of hydrogen-bond donors (Lipinski definition) is 1. The first-order valence-electron chi connectivity index (χ1n) is 7.78. The third-order valence-electron chi connectivity index (χ3n) is 4.11. The Balaban J connectivity index is 2.18. The summed E-state index contributed by atoms with van der Waals surface area (Å²) >= 11 is 0. The van der Waals surface area contributed by atoms with E-state index in [1.165, 1.54) is 16.5 Å². The second-order valence-corrected chi connectivity index (χ2v) is 6.61. The van der Waals surface area contributed by atoms with Gasteiger partial charge in [0, 0.05) is 43.3 Å². The van der Waals surface area contributed by atoms with Gasteiger partial charge in [0.2, 0.25) is 0 Å². The van der Waals surface area contributed by atoms with Gasteiger partial charge in [-0.25, -0.2) is 0 Å². The van der Waals surface area contributed by atoms with Gasteiger partial charge in [0.15, 0.2) is 0 Å². The molecule has 0 saturated carbocycles. The third-order valence-corrected chi connectivity index (χ3v) is 4.11. The fourth-order valence-electron chi connectivity index (χ4n) is 2.44. The second-order valence-electron chi connectivity index (χ2n) is 6.61. The van der Waals surface area contributed by atoms with Crippen molar-refractivity contribution in [3.63, 3.8) is 0 Å². The Morgan fingerprint density at radius 3 is 2.67 bits per heavy atom. The molecule has 0 bridgehead atoms. The highest BCUT2D eigenvalue weighted by molar-refractivity contribution is 5.83. The highest BCUT2D eigenvalue weighted by atomic mass is 16.5. The summed E-state index contributed by atoms with van der Waals surface area (Å²) in [7, 11) is 1.78. The van der Waals surface area contributed by atoms with Crippen molar-refractivity contribution in [1.29, 1.82) is 0 Å². The number of ether oxygens (including phenoxy) is 1. The van der Waals surface area contributed by atoms with Gasteiger partial charge in [-0.3, -0.25) is 0 Å². The Hall–Kier alpha value is -1.32. The molecular weight excluding hydrogens is 260 g/mol. The normalized spacial score (nSPS) is 12.5. The van der Waals surface area contributed by atoms with Crippen LogP contribution in [0.15, 0.2) is 30.5 Å². The van der Waals surface area contributed by atoms with E-state index in [0.29, 0.717) is 6.04 Å². The maximum atomic E-state index is 5.51. The number of aryl methyl sites for hydroxylation is 1. The quantitative estimate of drug-likeness (QED) is 0.835. The number of benzene rings is 1.